The lowest BCUT2D eigenvalue weighted by atomic mass is 10.3. The maximum Gasteiger partial charge on any atom is 0.158 e. The highest BCUT2D eigenvalue weighted by Crippen LogP contribution is 2.26. The van der Waals surface area contributed by atoms with Crippen molar-refractivity contribution in [1.82, 2.24) is 9.97 Å². The van der Waals surface area contributed by atoms with Gasteiger partial charge in [-0.1, -0.05) is 11.6 Å². The largest absolute Gasteiger partial charge is 0.377 e. The Morgan fingerprint density at radius 2 is 2.00 bits per heavy atom. The van der Waals surface area contributed by atoms with Gasteiger partial charge in [0.15, 0.2) is 5.82 Å². The van der Waals surface area contributed by atoms with Crippen LogP contribution in [0.3, 0.4) is 0 Å². The third kappa shape index (κ3) is 3.62. The molecule has 1 aromatic carbocycles. The highest BCUT2D eigenvalue weighted by molar-refractivity contribution is 9.10. The van der Waals surface area contributed by atoms with E-state index in [1.165, 1.54) is 13.2 Å². The van der Waals surface area contributed by atoms with Gasteiger partial charge in [0.2, 0.25) is 0 Å². The van der Waals surface area contributed by atoms with E-state index in [-0.39, 0.29) is 27.7 Å². The Balaban J connectivity index is 2.32. The Hall–Kier alpha value is -1.31. The van der Waals surface area contributed by atoms with Gasteiger partial charge in [0.1, 0.15) is 29.2 Å². The Morgan fingerprint density at radius 3 is 2.70 bits per heavy atom. The molecule has 0 aliphatic carbocycles. The molecule has 20 heavy (non-hydrogen) atoms. The number of anilines is 2. The summed E-state index contributed by atoms with van der Waals surface area (Å²) in [5.74, 6) is -0.634. The SMILES string of the molecule is COCc1nc(Cl)cc(Nc2cc(F)c(Br)cc2F)n1. The van der Waals surface area contributed by atoms with Gasteiger partial charge in [0, 0.05) is 19.2 Å². The van der Waals surface area contributed by atoms with Crippen LogP contribution >= 0.6 is 27.5 Å². The van der Waals surface area contributed by atoms with Gasteiger partial charge in [-0.3, -0.25) is 0 Å². The van der Waals surface area contributed by atoms with Gasteiger partial charge in [0.05, 0.1) is 10.2 Å². The van der Waals surface area contributed by atoms with Gasteiger partial charge in [0.25, 0.3) is 0 Å². The van der Waals surface area contributed by atoms with E-state index in [9.17, 15) is 8.78 Å². The van der Waals surface area contributed by atoms with E-state index in [0.29, 0.717) is 5.82 Å². The molecule has 8 heteroatoms. The summed E-state index contributed by atoms with van der Waals surface area (Å²) in [6, 6.07) is 3.45. The fourth-order valence-corrected chi connectivity index (χ4v) is 2.00. The summed E-state index contributed by atoms with van der Waals surface area (Å²) in [7, 11) is 1.49. The Labute approximate surface area is 127 Å². The van der Waals surface area contributed by atoms with E-state index in [0.717, 1.165) is 12.1 Å². The zero-order valence-corrected chi connectivity index (χ0v) is 12.6. The van der Waals surface area contributed by atoms with Crippen LogP contribution in [0.2, 0.25) is 5.15 Å². The number of hydrogen-bond donors (Lipinski definition) is 1. The van der Waals surface area contributed by atoms with Gasteiger partial charge in [-0.15, -0.1) is 0 Å². The molecule has 2 aromatic rings. The van der Waals surface area contributed by atoms with Crippen LogP contribution in [0.15, 0.2) is 22.7 Å². The molecule has 0 aliphatic heterocycles. The number of aromatic nitrogens is 2. The molecule has 1 heterocycles. The number of ether oxygens (including phenoxy) is 1. The molecule has 0 bridgehead atoms. The molecule has 0 aliphatic rings. The second kappa shape index (κ2) is 6.43. The first-order valence-electron chi connectivity index (χ1n) is 5.43. The summed E-state index contributed by atoms with van der Waals surface area (Å²) >= 11 is 8.73. The highest BCUT2D eigenvalue weighted by atomic mass is 79.9. The van der Waals surface area contributed by atoms with Gasteiger partial charge >= 0.3 is 0 Å². The summed E-state index contributed by atoms with van der Waals surface area (Å²) in [6.07, 6.45) is 0. The maximum atomic E-state index is 13.7. The lowest BCUT2D eigenvalue weighted by Crippen LogP contribution is -2.03. The van der Waals surface area contributed by atoms with Crippen molar-refractivity contribution < 1.29 is 13.5 Å². The van der Waals surface area contributed by atoms with E-state index in [1.54, 1.807) is 0 Å². The first-order valence-corrected chi connectivity index (χ1v) is 6.60. The van der Waals surface area contributed by atoms with Crippen molar-refractivity contribution in [1.29, 1.82) is 0 Å². The Bertz CT molecular complexity index is 642. The zero-order valence-electron chi connectivity index (χ0n) is 10.3. The van der Waals surface area contributed by atoms with Gasteiger partial charge < -0.3 is 10.1 Å². The number of benzene rings is 1. The standard InChI is InChI=1S/C12H9BrClF2N3O/c1-20-5-12-18-10(14)4-11(19-12)17-9-3-7(15)6(13)2-8(9)16/h2-4H,5H2,1H3,(H,17,18,19). The summed E-state index contributed by atoms with van der Waals surface area (Å²) in [4.78, 5) is 8.01. The van der Waals surface area contributed by atoms with Crippen molar-refractivity contribution in [3.05, 3.63) is 45.3 Å². The third-order valence-electron chi connectivity index (χ3n) is 2.29. The van der Waals surface area contributed by atoms with Crippen LogP contribution in [0.4, 0.5) is 20.3 Å². The molecule has 0 saturated carbocycles. The predicted molar refractivity (Wildman–Crippen MR) is 75.1 cm³/mol. The molecule has 0 atom stereocenters. The quantitative estimate of drug-likeness (QED) is 0.656. The Morgan fingerprint density at radius 1 is 1.25 bits per heavy atom. The summed E-state index contributed by atoms with van der Waals surface area (Å²) in [6.45, 7) is 0.159. The van der Waals surface area contributed by atoms with Gasteiger partial charge in [-0.25, -0.2) is 18.7 Å². The lowest BCUT2D eigenvalue weighted by molar-refractivity contribution is 0.178. The van der Waals surface area contributed by atoms with Crippen molar-refractivity contribution in [3.8, 4) is 0 Å². The number of nitrogens with zero attached hydrogens (tertiary/aromatic N) is 2. The minimum absolute atomic E-state index is 0.0429. The minimum atomic E-state index is -0.624. The summed E-state index contributed by atoms with van der Waals surface area (Å²) < 4.78 is 32.1. The van der Waals surface area contributed by atoms with E-state index in [4.69, 9.17) is 16.3 Å². The smallest absolute Gasteiger partial charge is 0.158 e. The first-order chi connectivity index (χ1) is 9.49. The molecule has 1 aromatic heterocycles. The van der Waals surface area contributed by atoms with Crippen LogP contribution in [0.25, 0.3) is 0 Å². The number of rotatable bonds is 4. The zero-order chi connectivity index (χ0) is 14.7. The lowest BCUT2D eigenvalue weighted by Gasteiger charge is -2.09. The van der Waals surface area contributed by atoms with E-state index < -0.39 is 11.6 Å². The summed E-state index contributed by atoms with van der Waals surface area (Å²) in [5, 5.41) is 2.83. The van der Waals surface area contributed by atoms with Crippen LogP contribution in [0, 0.1) is 11.6 Å². The average molecular weight is 365 g/mol. The number of methoxy groups -OCH3 is 1. The van der Waals surface area contributed by atoms with Crippen molar-refractivity contribution in [3.63, 3.8) is 0 Å². The molecular formula is C12H9BrClF2N3O. The fraction of sp³-hybridized carbons (Fsp3) is 0.167. The number of hydrogen-bond acceptors (Lipinski definition) is 4. The van der Waals surface area contributed by atoms with Crippen molar-refractivity contribution in [2.45, 2.75) is 6.61 Å². The topological polar surface area (TPSA) is 47.0 Å². The van der Waals surface area contributed by atoms with Crippen molar-refractivity contribution in [2.75, 3.05) is 12.4 Å². The van der Waals surface area contributed by atoms with Crippen molar-refractivity contribution >= 4 is 39.0 Å². The molecule has 1 N–H and O–H groups in total. The average Bonchev–Trinajstić information content (AvgIpc) is 2.35. The fourth-order valence-electron chi connectivity index (χ4n) is 1.48. The molecule has 2 rings (SSSR count). The predicted octanol–water partition coefficient (Wildman–Crippen LogP) is 4.06. The van der Waals surface area contributed by atoms with Crippen LogP contribution in [-0.4, -0.2) is 17.1 Å². The monoisotopic (exact) mass is 363 g/mol. The molecule has 0 fully saturated rings. The van der Waals surface area contributed by atoms with E-state index in [1.807, 2.05) is 0 Å². The molecule has 106 valence electrons. The Kier molecular flexibility index (Phi) is 4.85. The van der Waals surface area contributed by atoms with Gasteiger partial charge in [-0.05, 0) is 22.0 Å². The summed E-state index contributed by atoms with van der Waals surface area (Å²) in [5.41, 5.74) is -0.0520. The van der Waals surface area contributed by atoms with Crippen LogP contribution in [0.1, 0.15) is 5.82 Å². The normalized spacial score (nSPS) is 10.7. The van der Waals surface area contributed by atoms with E-state index in [2.05, 4.69) is 31.2 Å². The maximum absolute atomic E-state index is 13.7. The van der Waals surface area contributed by atoms with Crippen LogP contribution in [0.5, 0.6) is 0 Å². The first kappa shape index (κ1) is 15.1. The second-order valence-corrected chi connectivity index (χ2v) is 5.04. The minimum Gasteiger partial charge on any atom is -0.377 e. The van der Waals surface area contributed by atoms with Crippen LogP contribution in [-0.2, 0) is 11.3 Å². The second-order valence-electron chi connectivity index (χ2n) is 3.80. The third-order valence-corrected chi connectivity index (χ3v) is 3.09. The highest BCUT2D eigenvalue weighted by Gasteiger charge is 2.10. The van der Waals surface area contributed by atoms with Gasteiger partial charge in [-0.2, -0.15) is 0 Å². The number of nitrogens with one attached hydrogen (secondary N) is 1. The van der Waals surface area contributed by atoms with Crippen LogP contribution < -0.4 is 5.32 Å². The molecular weight excluding hydrogens is 356 g/mol. The van der Waals surface area contributed by atoms with Crippen molar-refractivity contribution in [2.24, 2.45) is 0 Å². The molecule has 0 radical (unpaired) electrons. The molecule has 0 unspecified atom stereocenters. The molecule has 0 spiro atoms. The number of halogens is 4. The molecule has 0 saturated heterocycles. The molecule has 4 nitrogen and oxygen atoms in total. The molecule has 0 amide bonds. The van der Waals surface area contributed by atoms with E-state index >= 15 is 0 Å².